The fraction of sp³-hybridized carbons (Fsp3) is 0.385. The minimum Gasteiger partial charge on any atom is -0.310 e. The molecule has 0 aliphatic carbocycles. The number of benzene rings is 1. The number of rotatable bonds is 5. The van der Waals surface area contributed by atoms with Crippen molar-refractivity contribution in [3.8, 4) is 5.69 Å². The molecule has 2 rings (SSSR count). The maximum Gasteiger partial charge on any atom is 0.146 e. The lowest BCUT2D eigenvalue weighted by Gasteiger charge is -2.08. The van der Waals surface area contributed by atoms with Crippen molar-refractivity contribution in [2.75, 3.05) is 6.54 Å². The topological polar surface area (TPSA) is 42.7 Å². The molecule has 1 N–H and O–H groups in total. The van der Waals surface area contributed by atoms with Gasteiger partial charge in [-0.1, -0.05) is 19.9 Å². The summed E-state index contributed by atoms with van der Waals surface area (Å²) in [6.07, 6.45) is 1.48. The average Bonchev–Trinajstić information content (AvgIpc) is 2.77. The number of halogens is 1. The van der Waals surface area contributed by atoms with Crippen molar-refractivity contribution in [1.29, 1.82) is 0 Å². The summed E-state index contributed by atoms with van der Waals surface area (Å²) in [5.41, 5.74) is 0.689. The van der Waals surface area contributed by atoms with Crippen LogP contribution in [0.15, 0.2) is 30.6 Å². The molecule has 0 aliphatic heterocycles. The van der Waals surface area contributed by atoms with Gasteiger partial charge in [0.2, 0.25) is 0 Å². The molecule has 0 amide bonds. The highest BCUT2D eigenvalue weighted by atomic mass is 19.1. The third kappa shape index (κ3) is 3.13. The molecule has 0 fully saturated rings. The second-order valence-electron chi connectivity index (χ2n) is 4.59. The van der Waals surface area contributed by atoms with E-state index in [-0.39, 0.29) is 5.82 Å². The van der Waals surface area contributed by atoms with Gasteiger partial charge >= 0.3 is 0 Å². The molecule has 0 spiro atoms. The number of hydrogen-bond acceptors (Lipinski definition) is 3. The Morgan fingerprint density at radius 3 is 2.94 bits per heavy atom. The lowest BCUT2D eigenvalue weighted by molar-refractivity contribution is 0.537. The molecular weight excluding hydrogens is 231 g/mol. The second-order valence-corrected chi connectivity index (χ2v) is 4.59. The third-order valence-corrected chi connectivity index (χ3v) is 2.51. The van der Waals surface area contributed by atoms with Crippen LogP contribution in [0.4, 0.5) is 4.39 Å². The van der Waals surface area contributed by atoms with Crippen molar-refractivity contribution >= 4 is 0 Å². The van der Waals surface area contributed by atoms with E-state index in [4.69, 9.17) is 0 Å². The summed E-state index contributed by atoms with van der Waals surface area (Å²) < 4.78 is 14.8. The van der Waals surface area contributed by atoms with Gasteiger partial charge in [0.1, 0.15) is 18.0 Å². The Morgan fingerprint density at radius 2 is 2.22 bits per heavy atom. The smallest absolute Gasteiger partial charge is 0.146 e. The Labute approximate surface area is 106 Å². The molecular formula is C13H17FN4. The highest BCUT2D eigenvalue weighted by molar-refractivity contribution is 5.31. The molecule has 0 bridgehead atoms. The van der Waals surface area contributed by atoms with E-state index >= 15 is 0 Å². The summed E-state index contributed by atoms with van der Waals surface area (Å²) in [6.45, 7) is 5.82. The Balaban J connectivity index is 2.12. The van der Waals surface area contributed by atoms with Gasteiger partial charge in [0.05, 0.1) is 12.2 Å². The van der Waals surface area contributed by atoms with Crippen LogP contribution >= 0.6 is 0 Å². The number of aromatic nitrogens is 3. The predicted octanol–water partition coefficient (Wildman–Crippen LogP) is 2.15. The van der Waals surface area contributed by atoms with Gasteiger partial charge in [-0.25, -0.2) is 14.1 Å². The van der Waals surface area contributed by atoms with E-state index in [0.29, 0.717) is 18.2 Å². The Bertz CT molecular complexity index is 507. The zero-order chi connectivity index (χ0) is 13.0. The minimum atomic E-state index is -0.274. The van der Waals surface area contributed by atoms with Crippen molar-refractivity contribution < 1.29 is 4.39 Å². The SMILES string of the molecule is CC(C)CNCc1ncnn1-c1cccc(F)c1. The second kappa shape index (κ2) is 5.73. The lowest BCUT2D eigenvalue weighted by Crippen LogP contribution is -2.21. The summed E-state index contributed by atoms with van der Waals surface area (Å²) in [6, 6.07) is 6.33. The Morgan fingerprint density at radius 1 is 1.39 bits per heavy atom. The van der Waals surface area contributed by atoms with Crippen LogP contribution in [0, 0.1) is 11.7 Å². The van der Waals surface area contributed by atoms with E-state index in [2.05, 4.69) is 29.2 Å². The van der Waals surface area contributed by atoms with Crippen molar-refractivity contribution in [3.05, 3.63) is 42.2 Å². The van der Waals surface area contributed by atoms with Gasteiger partial charge in [0.15, 0.2) is 0 Å². The largest absolute Gasteiger partial charge is 0.310 e. The first-order valence-electron chi connectivity index (χ1n) is 6.02. The van der Waals surface area contributed by atoms with Crippen LogP contribution in [0.1, 0.15) is 19.7 Å². The van der Waals surface area contributed by atoms with Gasteiger partial charge in [-0.05, 0) is 30.7 Å². The monoisotopic (exact) mass is 248 g/mol. The standard InChI is InChI=1S/C13H17FN4/c1-10(2)7-15-8-13-16-9-17-18(13)12-5-3-4-11(14)6-12/h3-6,9-10,15H,7-8H2,1-2H3. The van der Waals surface area contributed by atoms with Crippen LogP contribution in [0.3, 0.4) is 0 Å². The lowest BCUT2D eigenvalue weighted by atomic mass is 10.2. The minimum absolute atomic E-state index is 0.274. The van der Waals surface area contributed by atoms with Gasteiger partial charge in [-0.3, -0.25) is 0 Å². The molecule has 18 heavy (non-hydrogen) atoms. The first-order chi connectivity index (χ1) is 8.66. The molecule has 0 saturated heterocycles. The Kier molecular flexibility index (Phi) is 4.04. The molecule has 0 unspecified atom stereocenters. The average molecular weight is 248 g/mol. The number of hydrogen-bond donors (Lipinski definition) is 1. The molecule has 1 heterocycles. The quantitative estimate of drug-likeness (QED) is 0.881. The van der Waals surface area contributed by atoms with E-state index in [9.17, 15) is 4.39 Å². The number of nitrogens with zero attached hydrogens (tertiary/aromatic N) is 3. The number of nitrogens with one attached hydrogen (secondary N) is 1. The fourth-order valence-electron chi connectivity index (χ4n) is 1.68. The molecule has 1 aromatic heterocycles. The zero-order valence-corrected chi connectivity index (χ0v) is 10.6. The van der Waals surface area contributed by atoms with E-state index < -0.39 is 0 Å². The van der Waals surface area contributed by atoms with Crippen LogP contribution < -0.4 is 5.32 Å². The normalized spacial score (nSPS) is 11.1. The van der Waals surface area contributed by atoms with Gasteiger partial charge in [-0.2, -0.15) is 5.10 Å². The van der Waals surface area contributed by atoms with Crippen molar-refractivity contribution in [2.24, 2.45) is 5.92 Å². The van der Waals surface area contributed by atoms with Crippen molar-refractivity contribution in [3.63, 3.8) is 0 Å². The van der Waals surface area contributed by atoms with Gasteiger partial charge in [-0.15, -0.1) is 0 Å². The summed E-state index contributed by atoms with van der Waals surface area (Å²) in [7, 11) is 0. The van der Waals surface area contributed by atoms with Crippen LogP contribution in [0.5, 0.6) is 0 Å². The highest BCUT2D eigenvalue weighted by Gasteiger charge is 2.07. The van der Waals surface area contributed by atoms with Crippen molar-refractivity contribution in [1.82, 2.24) is 20.1 Å². The summed E-state index contributed by atoms with van der Waals surface area (Å²) in [5.74, 6) is 1.08. The molecule has 1 aromatic carbocycles. The van der Waals surface area contributed by atoms with E-state index in [1.807, 2.05) is 6.07 Å². The molecule has 4 nitrogen and oxygen atoms in total. The molecule has 2 aromatic rings. The summed E-state index contributed by atoms with van der Waals surface area (Å²) in [4.78, 5) is 4.19. The maximum absolute atomic E-state index is 13.2. The molecule has 0 saturated carbocycles. The molecule has 0 aliphatic rings. The van der Waals surface area contributed by atoms with Crippen molar-refractivity contribution in [2.45, 2.75) is 20.4 Å². The molecule has 0 radical (unpaired) electrons. The van der Waals surface area contributed by atoms with Crippen LogP contribution in [-0.4, -0.2) is 21.3 Å². The first-order valence-corrected chi connectivity index (χ1v) is 6.02. The van der Waals surface area contributed by atoms with E-state index in [1.165, 1.54) is 18.5 Å². The predicted molar refractivity (Wildman–Crippen MR) is 67.9 cm³/mol. The molecule has 5 heteroatoms. The summed E-state index contributed by atoms with van der Waals surface area (Å²) in [5, 5.41) is 7.42. The van der Waals surface area contributed by atoms with Crippen LogP contribution in [0.2, 0.25) is 0 Å². The fourth-order valence-corrected chi connectivity index (χ4v) is 1.68. The third-order valence-electron chi connectivity index (χ3n) is 2.51. The first kappa shape index (κ1) is 12.7. The van der Waals surface area contributed by atoms with Crippen LogP contribution in [0.25, 0.3) is 5.69 Å². The van der Waals surface area contributed by atoms with E-state index in [1.54, 1.807) is 10.7 Å². The zero-order valence-electron chi connectivity index (χ0n) is 10.6. The van der Waals surface area contributed by atoms with E-state index in [0.717, 1.165) is 12.4 Å². The van der Waals surface area contributed by atoms with Gasteiger partial charge in [0.25, 0.3) is 0 Å². The molecule has 0 atom stereocenters. The summed E-state index contributed by atoms with van der Waals surface area (Å²) >= 11 is 0. The Hall–Kier alpha value is -1.75. The van der Waals surface area contributed by atoms with Gasteiger partial charge in [0, 0.05) is 0 Å². The van der Waals surface area contributed by atoms with Crippen LogP contribution in [-0.2, 0) is 6.54 Å². The highest BCUT2D eigenvalue weighted by Crippen LogP contribution is 2.10. The maximum atomic E-state index is 13.2. The van der Waals surface area contributed by atoms with Gasteiger partial charge < -0.3 is 5.32 Å². The molecule has 96 valence electrons.